The van der Waals surface area contributed by atoms with Crippen LogP contribution < -0.4 is 14.8 Å². The van der Waals surface area contributed by atoms with Gasteiger partial charge in [-0.1, -0.05) is 41.9 Å². The number of hydrogen-bond acceptors (Lipinski definition) is 7. The second kappa shape index (κ2) is 13.7. The standard InChI is InChI=1S/C38H41ClFN5O5/c1-21-24(7-6-10-29(21)42-37(46)36-41-30-20-43(2)15-14-31(30)44(36)3)25-8-5-9-27-26(25)11-12-32(27)50-35-28(39)17-23(34(49-4)33(35)40)19-45-16-13-22(18-45)38(47)48/h5-10,17,22,32H,11-16,18-20H2,1-4H3,(H,42,46)(H,47,48). The molecule has 1 aromatic heterocycles. The second-order valence-corrected chi connectivity index (χ2v) is 14.0. The Morgan fingerprint density at radius 3 is 2.62 bits per heavy atom. The summed E-state index contributed by atoms with van der Waals surface area (Å²) in [7, 11) is 5.36. The Morgan fingerprint density at radius 1 is 1.08 bits per heavy atom. The molecule has 10 nitrogen and oxygen atoms in total. The lowest BCUT2D eigenvalue weighted by Crippen LogP contribution is -2.27. The number of anilines is 1. The third-order valence-electron chi connectivity index (χ3n) is 10.4. The number of aromatic nitrogens is 2. The van der Waals surface area contributed by atoms with E-state index in [-0.39, 0.29) is 22.4 Å². The summed E-state index contributed by atoms with van der Waals surface area (Å²) < 4.78 is 29.7. The fraction of sp³-hybridized carbons (Fsp3) is 0.395. The summed E-state index contributed by atoms with van der Waals surface area (Å²) in [5.74, 6) is -1.81. The maximum atomic E-state index is 16.0. The minimum atomic E-state index is -0.825. The number of rotatable bonds is 9. The number of ether oxygens (including phenoxy) is 2. The van der Waals surface area contributed by atoms with Gasteiger partial charge < -0.3 is 29.4 Å². The molecule has 0 bridgehead atoms. The SMILES string of the molecule is COc1c(CN2CCC(C(=O)O)C2)cc(Cl)c(OC2CCc3c(-c4cccc(NC(=O)c5nc6c(n5C)CCN(C)C6)c4C)cccc32)c1F. The number of carboxylic acids is 1. The van der Waals surface area contributed by atoms with E-state index >= 15 is 4.39 Å². The summed E-state index contributed by atoms with van der Waals surface area (Å²) in [6.45, 7) is 4.95. The number of hydrogen-bond donors (Lipinski definition) is 2. The minimum Gasteiger partial charge on any atom is -0.493 e. The van der Waals surface area contributed by atoms with Gasteiger partial charge in [0.2, 0.25) is 5.82 Å². The molecule has 1 saturated heterocycles. The first-order valence-corrected chi connectivity index (χ1v) is 17.3. The van der Waals surface area contributed by atoms with Gasteiger partial charge in [0.05, 0.1) is 23.7 Å². The van der Waals surface area contributed by atoms with Gasteiger partial charge in [0.25, 0.3) is 5.91 Å². The van der Waals surface area contributed by atoms with Crippen LogP contribution in [0, 0.1) is 18.7 Å². The molecule has 3 heterocycles. The summed E-state index contributed by atoms with van der Waals surface area (Å²) in [5.41, 5.74) is 8.31. The molecule has 3 aliphatic rings. The molecule has 2 unspecified atom stereocenters. The van der Waals surface area contributed by atoms with E-state index in [0.717, 1.165) is 58.7 Å². The minimum absolute atomic E-state index is 0.0441. The lowest BCUT2D eigenvalue weighted by molar-refractivity contribution is -0.141. The number of halogens is 2. The Kier molecular flexibility index (Phi) is 9.32. The Bertz CT molecular complexity index is 2000. The third kappa shape index (κ3) is 6.22. The van der Waals surface area contributed by atoms with Crippen molar-refractivity contribution in [3.05, 3.63) is 92.8 Å². The van der Waals surface area contributed by atoms with Crippen molar-refractivity contribution < 1.29 is 28.6 Å². The highest BCUT2D eigenvalue weighted by Gasteiger charge is 2.32. The van der Waals surface area contributed by atoms with Gasteiger partial charge in [-0.3, -0.25) is 14.5 Å². The Hall–Kier alpha value is -4.45. The van der Waals surface area contributed by atoms with E-state index in [1.165, 1.54) is 7.11 Å². The normalized spacial score (nSPS) is 18.9. The number of fused-ring (bicyclic) bond motifs is 2. The van der Waals surface area contributed by atoms with Crippen LogP contribution in [0.25, 0.3) is 11.1 Å². The second-order valence-electron chi connectivity index (χ2n) is 13.6. The van der Waals surface area contributed by atoms with Crippen molar-refractivity contribution in [1.82, 2.24) is 19.4 Å². The topological polar surface area (TPSA) is 109 Å². The number of nitrogens with one attached hydrogen (secondary N) is 1. The summed E-state index contributed by atoms with van der Waals surface area (Å²) in [6, 6.07) is 13.6. The predicted molar refractivity (Wildman–Crippen MR) is 188 cm³/mol. The van der Waals surface area contributed by atoms with Gasteiger partial charge in [-0.25, -0.2) is 4.98 Å². The van der Waals surface area contributed by atoms with Gasteiger partial charge in [-0.05, 0) is 79.7 Å². The zero-order valence-corrected chi connectivity index (χ0v) is 29.4. The number of carbonyl (C=O) groups excluding carboxylic acids is 1. The highest BCUT2D eigenvalue weighted by atomic mass is 35.5. The maximum absolute atomic E-state index is 16.0. The number of methoxy groups -OCH3 is 1. The van der Waals surface area contributed by atoms with Gasteiger partial charge in [-0.2, -0.15) is 4.39 Å². The molecule has 2 aliphatic heterocycles. The van der Waals surface area contributed by atoms with Crippen LogP contribution in [0.1, 0.15) is 63.2 Å². The summed E-state index contributed by atoms with van der Waals surface area (Å²) >= 11 is 6.65. The number of imidazole rings is 1. The molecule has 3 aromatic carbocycles. The summed E-state index contributed by atoms with van der Waals surface area (Å²) in [6.07, 6.45) is 2.31. The van der Waals surface area contributed by atoms with Crippen molar-refractivity contribution >= 4 is 29.2 Å². The molecule has 50 heavy (non-hydrogen) atoms. The Labute approximate surface area is 295 Å². The highest BCUT2D eigenvalue weighted by molar-refractivity contribution is 6.32. The largest absolute Gasteiger partial charge is 0.493 e. The quantitative estimate of drug-likeness (QED) is 0.206. The van der Waals surface area contributed by atoms with Crippen LogP contribution in [-0.2, 0) is 37.8 Å². The van der Waals surface area contributed by atoms with Gasteiger partial charge in [0.15, 0.2) is 17.3 Å². The van der Waals surface area contributed by atoms with Crippen LogP contribution in [0.5, 0.6) is 11.5 Å². The molecule has 0 spiro atoms. The molecule has 1 aliphatic carbocycles. The van der Waals surface area contributed by atoms with E-state index in [2.05, 4.69) is 28.3 Å². The average Bonchev–Trinajstić information content (AvgIpc) is 3.81. The van der Waals surface area contributed by atoms with Crippen molar-refractivity contribution in [3.8, 4) is 22.6 Å². The van der Waals surface area contributed by atoms with Crippen molar-refractivity contribution in [1.29, 1.82) is 0 Å². The Balaban J connectivity index is 1.12. The van der Waals surface area contributed by atoms with Gasteiger partial charge in [-0.15, -0.1) is 0 Å². The van der Waals surface area contributed by atoms with Crippen molar-refractivity contribution in [2.45, 2.75) is 51.8 Å². The first-order chi connectivity index (χ1) is 24.0. The van der Waals surface area contributed by atoms with E-state index in [4.69, 9.17) is 21.1 Å². The zero-order valence-electron chi connectivity index (χ0n) is 28.7. The monoisotopic (exact) mass is 701 g/mol. The molecule has 2 N–H and O–H groups in total. The molecule has 4 aromatic rings. The highest BCUT2D eigenvalue weighted by Crippen LogP contribution is 2.45. The molecule has 0 saturated carbocycles. The van der Waals surface area contributed by atoms with E-state index in [1.54, 1.807) is 6.07 Å². The van der Waals surface area contributed by atoms with Crippen LogP contribution in [0.15, 0.2) is 42.5 Å². The molecule has 1 fully saturated rings. The van der Waals surface area contributed by atoms with Gasteiger partial charge in [0.1, 0.15) is 6.10 Å². The molecule has 0 radical (unpaired) electrons. The predicted octanol–water partition coefficient (Wildman–Crippen LogP) is 6.41. The number of carboxylic acid groups (broad SMARTS) is 1. The first kappa shape index (κ1) is 34.0. The zero-order chi connectivity index (χ0) is 35.3. The van der Waals surface area contributed by atoms with E-state index in [0.29, 0.717) is 56.0 Å². The van der Waals surface area contributed by atoms with E-state index < -0.39 is 23.8 Å². The van der Waals surface area contributed by atoms with Crippen LogP contribution in [0.3, 0.4) is 0 Å². The fourth-order valence-electron chi connectivity index (χ4n) is 7.73. The number of carbonyl (C=O) groups is 2. The van der Waals surface area contributed by atoms with Crippen LogP contribution in [0.4, 0.5) is 10.1 Å². The molecule has 2 atom stereocenters. The lowest BCUT2D eigenvalue weighted by atomic mass is 9.93. The molecular formula is C38H41ClFN5O5. The van der Waals surface area contributed by atoms with Crippen LogP contribution in [0.2, 0.25) is 5.02 Å². The molecule has 262 valence electrons. The van der Waals surface area contributed by atoms with Crippen molar-refractivity contribution in [2.75, 3.05) is 39.1 Å². The molecule has 7 rings (SSSR count). The smallest absolute Gasteiger partial charge is 0.307 e. The maximum Gasteiger partial charge on any atom is 0.307 e. The lowest BCUT2D eigenvalue weighted by Gasteiger charge is -2.22. The number of likely N-dealkylation sites (N-methyl/N-ethyl adjacent to an activating group) is 1. The number of aliphatic carboxylic acids is 1. The van der Waals surface area contributed by atoms with E-state index in [9.17, 15) is 14.7 Å². The molecular weight excluding hydrogens is 661 g/mol. The van der Waals surface area contributed by atoms with Crippen molar-refractivity contribution in [2.24, 2.45) is 13.0 Å². The third-order valence-corrected chi connectivity index (χ3v) is 10.7. The number of benzene rings is 3. The van der Waals surface area contributed by atoms with Crippen molar-refractivity contribution in [3.63, 3.8) is 0 Å². The van der Waals surface area contributed by atoms with E-state index in [1.807, 2.05) is 53.8 Å². The number of amides is 1. The fourth-order valence-corrected chi connectivity index (χ4v) is 7.99. The summed E-state index contributed by atoms with van der Waals surface area (Å²) in [4.78, 5) is 33.8. The number of likely N-dealkylation sites (tertiary alicyclic amines) is 1. The summed E-state index contributed by atoms with van der Waals surface area (Å²) in [5, 5.41) is 12.6. The van der Waals surface area contributed by atoms with Gasteiger partial charge in [0, 0.05) is 56.6 Å². The molecule has 12 heteroatoms. The first-order valence-electron chi connectivity index (χ1n) is 17.0. The average molecular weight is 702 g/mol. The number of nitrogens with zero attached hydrogens (tertiary/aromatic N) is 4. The Morgan fingerprint density at radius 2 is 1.86 bits per heavy atom. The van der Waals surface area contributed by atoms with Crippen LogP contribution in [-0.4, -0.2) is 70.1 Å². The molecule has 1 amide bonds. The van der Waals surface area contributed by atoms with Crippen LogP contribution >= 0.6 is 11.6 Å². The van der Waals surface area contributed by atoms with Gasteiger partial charge >= 0.3 is 5.97 Å².